The molecule has 0 aromatic carbocycles. The van der Waals surface area contributed by atoms with Crippen molar-refractivity contribution < 1.29 is 37.6 Å². The average Bonchev–Trinajstić information content (AvgIpc) is 2.39. The zero-order valence-corrected chi connectivity index (χ0v) is 11.0. The third kappa shape index (κ3) is 10.2. The highest BCUT2D eigenvalue weighted by Crippen LogP contribution is 2.42. The van der Waals surface area contributed by atoms with Gasteiger partial charge in [0.1, 0.15) is 13.2 Å². The van der Waals surface area contributed by atoms with Crippen molar-refractivity contribution in [1.82, 2.24) is 0 Å². The molecule has 8 nitrogen and oxygen atoms in total. The Hall–Kier alpha value is -1.47. The molecule has 0 atom stereocenters. The third-order valence-electron chi connectivity index (χ3n) is 1.50. The molecule has 0 amide bonds. The van der Waals surface area contributed by atoms with Gasteiger partial charge in [-0.2, -0.15) is 0 Å². The molecule has 9 heteroatoms. The Morgan fingerprint density at radius 1 is 0.947 bits per heavy atom. The molecule has 1 N–H and O–H groups in total. The predicted molar refractivity (Wildman–Crippen MR) is 64.0 cm³/mol. The number of phosphoric ester groups is 1. The van der Waals surface area contributed by atoms with Crippen LogP contribution in [0.25, 0.3) is 0 Å². The Bertz CT molecular complexity index is 346. The maximum Gasteiger partial charge on any atom is 0.472 e. The fourth-order valence-corrected chi connectivity index (χ4v) is 1.43. The molecule has 0 radical (unpaired) electrons. The van der Waals surface area contributed by atoms with E-state index in [0.29, 0.717) is 0 Å². The molecule has 0 bridgehead atoms. The van der Waals surface area contributed by atoms with Gasteiger partial charge >= 0.3 is 19.8 Å². The van der Waals surface area contributed by atoms with Crippen LogP contribution in [0.15, 0.2) is 25.3 Å². The van der Waals surface area contributed by atoms with Gasteiger partial charge in [0.15, 0.2) is 0 Å². The highest BCUT2D eigenvalue weighted by molar-refractivity contribution is 7.47. The quantitative estimate of drug-likeness (QED) is 0.270. The monoisotopic (exact) mass is 294 g/mol. The highest BCUT2D eigenvalue weighted by Gasteiger charge is 2.20. The second-order valence-corrected chi connectivity index (χ2v) is 4.33. The standard InChI is InChI=1S/C10H15O8P/c1-3-9(11)15-5-7-17-19(13,14)18-8-6-16-10(12)4-2/h3-4H,1-2,5-8H2,(H,13,14). The summed E-state index contributed by atoms with van der Waals surface area (Å²) < 4.78 is 29.2. The summed E-state index contributed by atoms with van der Waals surface area (Å²) in [6, 6.07) is 0. The summed E-state index contributed by atoms with van der Waals surface area (Å²) in [6.07, 6.45) is 1.89. The van der Waals surface area contributed by atoms with Crippen molar-refractivity contribution in [3.63, 3.8) is 0 Å². The molecule has 0 aliphatic heterocycles. The lowest BCUT2D eigenvalue weighted by Crippen LogP contribution is -2.10. The van der Waals surface area contributed by atoms with Crippen molar-refractivity contribution in [1.29, 1.82) is 0 Å². The van der Waals surface area contributed by atoms with E-state index in [1.54, 1.807) is 0 Å². The first kappa shape index (κ1) is 17.5. The lowest BCUT2D eigenvalue weighted by Gasteiger charge is -2.11. The van der Waals surface area contributed by atoms with E-state index < -0.39 is 19.8 Å². The molecule has 0 heterocycles. The SMILES string of the molecule is C=CC(=O)OCCOP(=O)(O)OCCOC(=O)C=C. The molecule has 0 rings (SSSR count). The first-order chi connectivity index (χ1) is 8.91. The van der Waals surface area contributed by atoms with Crippen LogP contribution in [-0.4, -0.2) is 43.3 Å². The number of esters is 2. The van der Waals surface area contributed by atoms with Crippen LogP contribution in [0.1, 0.15) is 0 Å². The molecule has 108 valence electrons. The molecule has 0 aliphatic rings. The first-order valence-corrected chi connectivity index (χ1v) is 6.61. The van der Waals surface area contributed by atoms with E-state index in [0.717, 1.165) is 12.2 Å². The Morgan fingerprint density at radius 2 is 1.32 bits per heavy atom. The van der Waals surface area contributed by atoms with E-state index in [2.05, 4.69) is 31.7 Å². The van der Waals surface area contributed by atoms with Crippen LogP contribution in [0.5, 0.6) is 0 Å². The molecule has 0 saturated carbocycles. The van der Waals surface area contributed by atoms with Gasteiger partial charge in [-0.25, -0.2) is 14.2 Å². The van der Waals surface area contributed by atoms with Crippen molar-refractivity contribution >= 4 is 19.8 Å². The van der Waals surface area contributed by atoms with Crippen LogP contribution in [0.4, 0.5) is 0 Å². The van der Waals surface area contributed by atoms with E-state index in [9.17, 15) is 14.2 Å². The van der Waals surface area contributed by atoms with E-state index in [4.69, 9.17) is 4.89 Å². The van der Waals surface area contributed by atoms with Crippen molar-refractivity contribution in [2.75, 3.05) is 26.4 Å². The second kappa shape index (κ2) is 9.46. The summed E-state index contributed by atoms with van der Waals surface area (Å²) in [6.45, 7) is 5.26. The number of carbonyl (C=O) groups is 2. The highest BCUT2D eigenvalue weighted by atomic mass is 31.2. The van der Waals surface area contributed by atoms with Crippen LogP contribution >= 0.6 is 7.82 Å². The minimum atomic E-state index is -4.26. The van der Waals surface area contributed by atoms with Crippen molar-refractivity contribution in [2.24, 2.45) is 0 Å². The van der Waals surface area contributed by atoms with E-state index in [-0.39, 0.29) is 26.4 Å². The van der Waals surface area contributed by atoms with E-state index >= 15 is 0 Å². The Kier molecular flexibility index (Phi) is 8.73. The molecular formula is C10H15O8P. The third-order valence-corrected chi connectivity index (χ3v) is 2.52. The fourth-order valence-electron chi connectivity index (χ4n) is 0.745. The largest absolute Gasteiger partial charge is 0.472 e. The van der Waals surface area contributed by atoms with Gasteiger partial charge in [0.05, 0.1) is 13.2 Å². The van der Waals surface area contributed by atoms with Gasteiger partial charge in [0.2, 0.25) is 0 Å². The summed E-state index contributed by atoms with van der Waals surface area (Å²) in [5, 5.41) is 0. The maximum atomic E-state index is 11.2. The molecule has 0 fully saturated rings. The van der Waals surface area contributed by atoms with Gasteiger partial charge < -0.3 is 14.4 Å². The van der Waals surface area contributed by atoms with Gasteiger partial charge in [-0.1, -0.05) is 13.2 Å². The Morgan fingerprint density at radius 3 is 1.63 bits per heavy atom. The van der Waals surface area contributed by atoms with E-state index in [1.807, 2.05) is 0 Å². The summed E-state index contributed by atoms with van der Waals surface area (Å²) in [7, 11) is -4.26. The normalized spacial score (nSPS) is 10.6. The lowest BCUT2D eigenvalue weighted by molar-refractivity contribution is -0.139. The maximum absolute atomic E-state index is 11.2. The number of hydrogen-bond acceptors (Lipinski definition) is 7. The van der Waals surface area contributed by atoms with Gasteiger partial charge in [0.25, 0.3) is 0 Å². The van der Waals surface area contributed by atoms with Crippen molar-refractivity contribution in [3.8, 4) is 0 Å². The molecule has 0 saturated heterocycles. The summed E-state index contributed by atoms with van der Waals surface area (Å²) in [5.41, 5.74) is 0. The Labute approximate surface area is 110 Å². The molecule has 0 aromatic rings. The molecule has 0 unspecified atom stereocenters. The van der Waals surface area contributed by atoms with Gasteiger partial charge in [-0.3, -0.25) is 9.05 Å². The molecular weight excluding hydrogens is 279 g/mol. The summed E-state index contributed by atoms with van der Waals surface area (Å²) in [4.78, 5) is 30.4. The van der Waals surface area contributed by atoms with E-state index in [1.165, 1.54) is 0 Å². The number of phosphoric acid groups is 1. The molecule has 0 aromatic heterocycles. The minimum Gasteiger partial charge on any atom is -0.460 e. The van der Waals surface area contributed by atoms with Gasteiger partial charge in [0, 0.05) is 12.2 Å². The lowest BCUT2D eigenvalue weighted by atomic mass is 10.6. The number of ether oxygens (including phenoxy) is 2. The van der Waals surface area contributed by atoms with Gasteiger partial charge in [-0.15, -0.1) is 0 Å². The van der Waals surface area contributed by atoms with Crippen molar-refractivity contribution in [2.45, 2.75) is 0 Å². The minimum absolute atomic E-state index is 0.218. The zero-order valence-electron chi connectivity index (χ0n) is 10.1. The molecule has 19 heavy (non-hydrogen) atoms. The topological polar surface area (TPSA) is 108 Å². The van der Waals surface area contributed by atoms with Gasteiger partial charge in [-0.05, 0) is 0 Å². The molecule has 0 spiro atoms. The zero-order chi connectivity index (χ0) is 14.7. The molecule has 0 aliphatic carbocycles. The summed E-state index contributed by atoms with van der Waals surface area (Å²) >= 11 is 0. The number of hydrogen-bond donors (Lipinski definition) is 1. The Balaban J connectivity index is 3.71. The van der Waals surface area contributed by atoms with Crippen LogP contribution in [0, 0.1) is 0 Å². The van der Waals surface area contributed by atoms with Crippen molar-refractivity contribution in [3.05, 3.63) is 25.3 Å². The number of carbonyl (C=O) groups excluding carboxylic acids is 2. The fraction of sp³-hybridized carbons (Fsp3) is 0.400. The summed E-state index contributed by atoms with van der Waals surface area (Å²) in [5.74, 6) is -1.35. The number of rotatable bonds is 10. The average molecular weight is 294 g/mol. The van der Waals surface area contributed by atoms with Crippen LogP contribution < -0.4 is 0 Å². The van der Waals surface area contributed by atoms with Crippen LogP contribution in [0.2, 0.25) is 0 Å². The van der Waals surface area contributed by atoms with Crippen LogP contribution in [0.3, 0.4) is 0 Å². The van der Waals surface area contributed by atoms with Crippen LogP contribution in [-0.2, 0) is 32.7 Å². The smallest absolute Gasteiger partial charge is 0.460 e. The predicted octanol–water partition coefficient (Wildman–Crippen LogP) is 0.578. The first-order valence-electron chi connectivity index (χ1n) is 5.11. The second-order valence-electron chi connectivity index (χ2n) is 2.88.